The third kappa shape index (κ3) is 6.65. The van der Waals surface area contributed by atoms with E-state index in [1.165, 1.54) is 6.08 Å². The summed E-state index contributed by atoms with van der Waals surface area (Å²) in [7, 11) is 0. The van der Waals surface area contributed by atoms with E-state index >= 15 is 0 Å². The van der Waals surface area contributed by atoms with Crippen LogP contribution in [0.4, 0.5) is 0 Å². The van der Waals surface area contributed by atoms with Gasteiger partial charge in [0.25, 0.3) is 0 Å². The molecule has 0 aliphatic carbocycles. The van der Waals surface area contributed by atoms with Crippen molar-refractivity contribution >= 4 is 5.97 Å². The second-order valence-corrected chi connectivity index (χ2v) is 2.65. The Labute approximate surface area is 95.6 Å². The van der Waals surface area contributed by atoms with Gasteiger partial charge in [0.1, 0.15) is 0 Å². The number of allylic oxidation sites excluding steroid dienone is 2. The molecular formula is C9H13NaO2. The third-order valence-corrected chi connectivity index (χ3v) is 1.09. The molecule has 0 saturated carbocycles. The number of aliphatic carboxylic acids is 1. The van der Waals surface area contributed by atoms with Crippen LogP contribution in [-0.2, 0) is 4.79 Å². The number of carbonyl (C=O) groups excluding carboxylic acids is 1. The van der Waals surface area contributed by atoms with Crippen LogP contribution >= 0.6 is 0 Å². The van der Waals surface area contributed by atoms with Crippen molar-refractivity contribution in [2.45, 2.75) is 20.8 Å². The van der Waals surface area contributed by atoms with Gasteiger partial charge in [0.05, 0.1) is 5.97 Å². The molecule has 0 amide bonds. The summed E-state index contributed by atoms with van der Waals surface area (Å²) in [6.07, 6.45) is 4.88. The monoisotopic (exact) mass is 176 g/mol. The van der Waals surface area contributed by atoms with Gasteiger partial charge < -0.3 is 9.90 Å². The Kier molecular flexibility index (Phi) is 9.16. The van der Waals surface area contributed by atoms with Crippen LogP contribution in [-0.4, -0.2) is 5.97 Å². The van der Waals surface area contributed by atoms with Crippen LogP contribution in [0, 0.1) is 5.92 Å². The number of carboxylic acids is 1. The average Bonchev–Trinajstić information content (AvgIpc) is 1.86. The summed E-state index contributed by atoms with van der Waals surface area (Å²) in [6.45, 7) is 5.62. The number of carboxylic acid groups (broad SMARTS) is 1. The summed E-state index contributed by atoms with van der Waals surface area (Å²) in [4.78, 5) is 10.4. The Morgan fingerprint density at radius 1 is 1.42 bits per heavy atom. The van der Waals surface area contributed by atoms with E-state index in [1.54, 1.807) is 19.1 Å². The van der Waals surface area contributed by atoms with Crippen molar-refractivity contribution in [1.29, 1.82) is 0 Å². The van der Waals surface area contributed by atoms with Gasteiger partial charge in [-0.05, 0) is 18.4 Å². The van der Waals surface area contributed by atoms with E-state index in [1.807, 2.05) is 13.8 Å². The quantitative estimate of drug-likeness (QED) is 0.281. The predicted octanol–water partition coefficient (Wildman–Crippen LogP) is -2.10. The summed E-state index contributed by atoms with van der Waals surface area (Å²) >= 11 is 0. The maximum Gasteiger partial charge on any atom is 1.00 e. The standard InChI is InChI=1S/C9H14O2.Na/c1-4-5-8(9(10)11)6-7(2)3;/h4-7H,1-3H3,(H,10,11);/q;+1/p-1/b5-4-,8-6+;. The smallest absolute Gasteiger partial charge is 0.545 e. The van der Waals surface area contributed by atoms with Crippen LogP contribution < -0.4 is 34.7 Å². The molecule has 0 N–H and O–H groups in total. The van der Waals surface area contributed by atoms with Crippen LogP contribution in [0.1, 0.15) is 20.8 Å². The second kappa shape index (κ2) is 7.59. The Balaban J connectivity index is 0. The fourth-order valence-corrected chi connectivity index (χ4v) is 0.730. The van der Waals surface area contributed by atoms with E-state index in [2.05, 4.69) is 0 Å². The molecule has 0 aliphatic rings. The van der Waals surface area contributed by atoms with Crippen molar-refractivity contribution < 1.29 is 39.5 Å². The van der Waals surface area contributed by atoms with Gasteiger partial charge in [-0.2, -0.15) is 0 Å². The fourth-order valence-electron chi connectivity index (χ4n) is 0.730. The molecule has 12 heavy (non-hydrogen) atoms. The predicted molar refractivity (Wildman–Crippen MR) is 42.7 cm³/mol. The van der Waals surface area contributed by atoms with E-state index in [9.17, 15) is 9.90 Å². The molecule has 2 nitrogen and oxygen atoms in total. The molecule has 0 aromatic rings. The normalized spacial score (nSPS) is 11.8. The first-order valence-corrected chi connectivity index (χ1v) is 3.63. The number of carbonyl (C=O) groups is 1. The molecule has 0 atom stereocenters. The zero-order chi connectivity index (χ0) is 8.85. The topological polar surface area (TPSA) is 40.1 Å². The summed E-state index contributed by atoms with van der Waals surface area (Å²) < 4.78 is 0. The number of hydrogen-bond donors (Lipinski definition) is 0. The van der Waals surface area contributed by atoms with Crippen LogP contribution in [0.5, 0.6) is 0 Å². The van der Waals surface area contributed by atoms with Crippen LogP contribution in [0.15, 0.2) is 23.8 Å². The summed E-state index contributed by atoms with van der Waals surface area (Å²) in [6, 6.07) is 0. The van der Waals surface area contributed by atoms with Crippen molar-refractivity contribution in [3.8, 4) is 0 Å². The van der Waals surface area contributed by atoms with Crippen molar-refractivity contribution in [1.82, 2.24) is 0 Å². The van der Waals surface area contributed by atoms with Gasteiger partial charge >= 0.3 is 29.6 Å². The van der Waals surface area contributed by atoms with E-state index in [0.717, 1.165) is 0 Å². The molecule has 0 bridgehead atoms. The van der Waals surface area contributed by atoms with Gasteiger partial charge in [-0.1, -0.05) is 32.1 Å². The van der Waals surface area contributed by atoms with Gasteiger partial charge in [-0.15, -0.1) is 0 Å². The summed E-state index contributed by atoms with van der Waals surface area (Å²) in [5.74, 6) is -0.879. The van der Waals surface area contributed by atoms with Crippen molar-refractivity contribution in [3.05, 3.63) is 23.8 Å². The first-order valence-electron chi connectivity index (χ1n) is 3.63. The Morgan fingerprint density at radius 3 is 2.17 bits per heavy atom. The van der Waals surface area contributed by atoms with Gasteiger partial charge in [0.15, 0.2) is 0 Å². The average molecular weight is 176 g/mol. The molecular weight excluding hydrogens is 163 g/mol. The van der Waals surface area contributed by atoms with Crippen molar-refractivity contribution in [2.75, 3.05) is 0 Å². The van der Waals surface area contributed by atoms with Crippen LogP contribution in [0.3, 0.4) is 0 Å². The van der Waals surface area contributed by atoms with E-state index in [0.29, 0.717) is 0 Å². The molecule has 0 saturated heterocycles. The van der Waals surface area contributed by atoms with E-state index < -0.39 is 5.97 Å². The SMILES string of the molecule is C/C=C\C(=C/C(C)C)C(=O)[O-].[Na+]. The molecule has 0 aromatic carbocycles. The Hall–Kier alpha value is -0.0500. The minimum absolute atomic E-state index is 0. The molecule has 0 aliphatic heterocycles. The van der Waals surface area contributed by atoms with Crippen LogP contribution in [0.2, 0.25) is 0 Å². The zero-order valence-electron chi connectivity index (χ0n) is 8.13. The molecule has 0 spiro atoms. The molecule has 0 fully saturated rings. The largest absolute Gasteiger partial charge is 1.00 e. The Bertz CT molecular complexity index is 193. The maximum atomic E-state index is 10.4. The van der Waals surface area contributed by atoms with Gasteiger partial charge in [0.2, 0.25) is 0 Å². The minimum Gasteiger partial charge on any atom is -0.545 e. The second-order valence-electron chi connectivity index (χ2n) is 2.65. The summed E-state index contributed by atoms with van der Waals surface area (Å²) in [5.41, 5.74) is 0.252. The van der Waals surface area contributed by atoms with E-state index in [4.69, 9.17) is 0 Å². The first kappa shape index (κ1) is 14.5. The first-order chi connectivity index (χ1) is 5.07. The molecule has 3 heteroatoms. The maximum absolute atomic E-state index is 10.4. The molecule has 0 rings (SSSR count). The van der Waals surface area contributed by atoms with Gasteiger partial charge in [0, 0.05) is 0 Å². The molecule has 0 radical (unpaired) electrons. The van der Waals surface area contributed by atoms with Crippen molar-refractivity contribution in [3.63, 3.8) is 0 Å². The fraction of sp³-hybridized carbons (Fsp3) is 0.444. The Morgan fingerprint density at radius 2 is 1.92 bits per heavy atom. The van der Waals surface area contributed by atoms with Gasteiger partial charge in [-0.3, -0.25) is 0 Å². The van der Waals surface area contributed by atoms with Crippen LogP contribution in [0.25, 0.3) is 0 Å². The number of hydrogen-bond acceptors (Lipinski definition) is 2. The molecule has 0 heterocycles. The molecule has 0 unspecified atom stereocenters. The van der Waals surface area contributed by atoms with E-state index in [-0.39, 0.29) is 41.0 Å². The van der Waals surface area contributed by atoms with Crippen molar-refractivity contribution in [2.24, 2.45) is 5.92 Å². The third-order valence-electron chi connectivity index (χ3n) is 1.09. The van der Waals surface area contributed by atoms with Gasteiger partial charge in [-0.25, -0.2) is 0 Å². The number of rotatable bonds is 3. The molecule has 62 valence electrons. The minimum atomic E-state index is -1.11. The molecule has 0 aromatic heterocycles. The summed E-state index contributed by atoms with van der Waals surface area (Å²) in [5, 5.41) is 10.4. The zero-order valence-corrected chi connectivity index (χ0v) is 10.1.